The Hall–Kier alpha value is -3.69. The molecule has 2 aliphatic heterocycles. The van der Waals surface area contributed by atoms with Crippen molar-refractivity contribution in [2.75, 3.05) is 42.1 Å². The van der Waals surface area contributed by atoms with Crippen LogP contribution in [0.25, 0.3) is 0 Å². The molecule has 2 aromatic carbocycles. The molecular formula is C19H19F2N7O. The standard InChI is InChI=1S/C19H19F2N7O/c20-13-9-11(1-3-16(13)28-19-24-7-8-25-19)17(29)27-15-4-2-12(10-14(15)21)26-18-22-5-6-23-18/h1-4,9-10H,5-8H2,(H,27,29)(H2,22,23,26)(H2,24,25,28). The molecule has 0 aliphatic carbocycles. The van der Waals surface area contributed by atoms with Gasteiger partial charge >= 0.3 is 0 Å². The van der Waals surface area contributed by atoms with Gasteiger partial charge in [-0.15, -0.1) is 0 Å². The largest absolute Gasteiger partial charge is 0.354 e. The Morgan fingerprint density at radius 2 is 1.52 bits per heavy atom. The van der Waals surface area contributed by atoms with E-state index in [4.69, 9.17) is 0 Å². The molecule has 5 N–H and O–H groups in total. The van der Waals surface area contributed by atoms with E-state index in [2.05, 4.69) is 36.6 Å². The highest BCUT2D eigenvalue weighted by molar-refractivity contribution is 6.05. The second-order valence-corrected chi connectivity index (χ2v) is 6.41. The van der Waals surface area contributed by atoms with Crippen LogP contribution >= 0.6 is 0 Å². The van der Waals surface area contributed by atoms with E-state index >= 15 is 0 Å². The molecule has 29 heavy (non-hydrogen) atoms. The predicted octanol–water partition coefficient (Wildman–Crippen LogP) is 1.96. The molecule has 0 spiro atoms. The minimum absolute atomic E-state index is 0.00556. The van der Waals surface area contributed by atoms with E-state index < -0.39 is 17.5 Å². The highest BCUT2D eigenvalue weighted by Crippen LogP contribution is 2.21. The van der Waals surface area contributed by atoms with Gasteiger partial charge in [0.1, 0.15) is 11.6 Å². The van der Waals surface area contributed by atoms with Crippen molar-refractivity contribution in [2.45, 2.75) is 0 Å². The van der Waals surface area contributed by atoms with Crippen LogP contribution in [-0.4, -0.2) is 44.0 Å². The summed E-state index contributed by atoms with van der Waals surface area (Å²) in [4.78, 5) is 20.7. The number of carbonyl (C=O) groups excluding carboxylic acids is 1. The average molecular weight is 399 g/mol. The summed E-state index contributed by atoms with van der Waals surface area (Å²) in [5.41, 5.74) is 0.757. The van der Waals surface area contributed by atoms with Crippen LogP contribution in [0, 0.1) is 11.6 Å². The van der Waals surface area contributed by atoms with Crippen LogP contribution in [0.4, 0.5) is 25.8 Å². The molecule has 0 saturated heterocycles. The van der Waals surface area contributed by atoms with Crippen molar-refractivity contribution < 1.29 is 13.6 Å². The molecule has 0 atom stereocenters. The fourth-order valence-corrected chi connectivity index (χ4v) is 2.87. The molecule has 2 aromatic rings. The zero-order valence-electron chi connectivity index (χ0n) is 15.4. The van der Waals surface area contributed by atoms with Crippen molar-refractivity contribution in [3.05, 3.63) is 53.6 Å². The lowest BCUT2D eigenvalue weighted by molar-refractivity contribution is 0.102. The minimum Gasteiger partial charge on any atom is -0.354 e. The van der Waals surface area contributed by atoms with Crippen molar-refractivity contribution in [1.82, 2.24) is 10.6 Å². The quantitative estimate of drug-likeness (QED) is 0.541. The fraction of sp³-hybridized carbons (Fsp3) is 0.211. The van der Waals surface area contributed by atoms with E-state index in [9.17, 15) is 13.6 Å². The number of carbonyl (C=O) groups is 1. The number of rotatable bonds is 4. The van der Waals surface area contributed by atoms with Crippen LogP contribution in [0.15, 0.2) is 46.4 Å². The molecule has 0 fully saturated rings. The third-order valence-electron chi connectivity index (χ3n) is 4.31. The summed E-state index contributed by atoms with van der Waals surface area (Å²) in [7, 11) is 0. The van der Waals surface area contributed by atoms with Gasteiger partial charge in [-0.1, -0.05) is 0 Å². The van der Waals surface area contributed by atoms with Gasteiger partial charge in [0.2, 0.25) is 0 Å². The van der Waals surface area contributed by atoms with Crippen LogP contribution in [0.3, 0.4) is 0 Å². The van der Waals surface area contributed by atoms with Gasteiger partial charge in [0, 0.05) is 24.3 Å². The molecule has 0 saturated carbocycles. The first-order chi connectivity index (χ1) is 14.1. The number of amides is 1. The highest BCUT2D eigenvalue weighted by Gasteiger charge is 2.15. The number of hydrogen-bond acceptors (Lipinski definition) is 7. The molecule has 0 aromatic heterocycles. The van der Waals surface area contributed by atoms with Crippen LogP contribution < -0.4 is 26.6 Å². The lowest BCUT2D eigenvalue weighted by Gasteiger charge is -2.11. The Balaban J connectivity index is 1.42. The Morgan fingerprint density at radius 3 is 2.14 bits per heavy atom. The van der Waals surface area contributed by atoms with Crippen molar-refractivity contribution >= 4 is 34.9 Å². The van der Waals surface area contributed by atoms with E-state index in [1.54, 1.807) is 6.07 Å². The number of nitrogens with one attached hydrogen (secondary N) is 5. The summed E-state index contributed by atoms with van der Waals surface area (Å²) in [5.74, 6) is -0.794. The number of guanidine groups is 2. The van der Waals surface area contributed by atoms with Gasteiger partial charge in [-0.25, -0.2) is 8.78 Å². The molecule has 2 heterocycles. The SMILES string of the molecule is O=C(Nc1ccc(NC2=NCCN2)cc1F)c1ccc(NC2=NCCN2)c(F)c1. The Bertz CT molecular complexity index is 1010. The Labute approximate surface area is 165 Å². The lowest BCUT2D eigenvalue weighted by atomic mass is 10.1. The molecule has 0 radical (unpaired) electrons. The average Bonchev–Trinajstić information content (AvgIpc) is 3.40. The summed E-state index contributed by atoms with van der Waals surface area (Å²) in [5, 5.41) is 14.2. The summed E-state index contributed by atoms with van der Waals surface area (Å²) < 4.78 is 28.7. The molecule has 8 nitrogen and oxygen atoms in total. The molecule has 0 bridgehead atoms. The van der Waals surface area contributed by atoms with E-state index in [0.29, 0.717) is 37.2 Å². The van der Waals surface area contributed by atoms with Gasteiger partial charge in [-0.2, -0.15) is 0 Å². The molecule has 0 unspecified atom stereocenters. The number of hydrogen-bond donors (Lipinski definition) is 5. The van der Waals surface area contributed by atoms with E-state index in [-0.39, 0.29) is 16.9 Å². The first-order valence-corrected chi connectivity index (χ1v) is 9.09. The first kappa shape index (κ1) is 18.7. The predicted molar refractivity (Wildman–Crippen MR) is 109 cm³/mol. The molecule has 150 valence electrons. The number of anilines is 3. The molecule has 2 aliphatic rings. The number of benzene rings is 2. The number of halogens is 2. The Kier molecular flexibility index (Phi) is 5.23. The minimum atomic E-state index is -0.619. The topological polar surface area (TPSA) is 102 Å². The van der Waals surface area contributed by atoms with E-state index in [1.807, 2.05) is 0 Å². The van der Waals surface area contributed by atoms with E-state index in [0.717, 1.165) is 12.6 Å². The van der Waals surface area contributed by atoms with Gasteiger partial charge < -0.3 is 26.6 Å². The van der Waals surface area contributed by atoms with Gasteiger partial charge in [-0.05, 0) is 36.4 Å². The maximum Gasteiger partial charge on any atom is 0.255 e. The van der Waals surface area contributed by atoms with Crippen LogP contribution in [0.1, 0.15) is 10.4 Å². The smallest absolute Gasteiger partial charge is 0.255 e. The van der Waals surface area contributed by atoms with Crippen molar-refractivity contribution in [1.29, 1.82) is 0 Å². The van der Waals surface area contributed by atoms with Crippen molar-refractivity contribution in [2.24, 2.45) is 9.98 Å². The van der Waals surface area contributed by atoms with Gasteiger partial charge in [0.05, 0.1) is 24.5 Å². The van der Waals surface area contributed by atoms with E-state index in [1.165, 1.54) is 24.3 Å². The van der Waals surface area contributed by atoms with Gasteiger partial charge in [0.25, 0.3) is 5.91 Å². The third kappa shape index (κ3) is 4.42. The van der Waals surface area contributed by atoms with Gasteiger partial charge in [-0.3, -0.25) is 14.8 Å². The maximum absolute atomic E-state index is 14.4. The second-order valence-electron chi connectivity index (χ2n) is 6.41. The molecule has 4 rings (SSSR count). The van der Waals surface area contributed by atoms with Crippen LogP contribution in [0.5, 0.6) is 0 Å². The summed E-state index contributed by atoms with van der Waals surface area (Å²) in [6.07, 6.45) is 0. The molecule has 1 amide bonds. The Morgan fingerprint density at radius 1 is 0.862 bits per heavy atom. The van der Waals surface area contributed by atoms with Crippen molar-refractivity contribution in [3.8, 4) is 0 Å². The van der Waals surface area contributed by atoms with Crippen LogP contribution in [-0.2, 0) is 0 Å². The van der Waals surface area contributed by atoms with Crippen LogP contribution in [0.2, 0.25) is 0 Å². The summed E-state index contributed by atoms with van der Waals surface area (Å²) in [6, 6.07) is 8.27. The highest BCUT2D eigenvalue weighted by atomic mass is 19.1. The number of nitrogens with zero attached hydrogens (tertiary/aromatic N) is 2. The molecular weight excluding hydrogens is 380 g/mol. The lowest BCUT2D eigenvalue weighted by Crippen LogP contribution is -2.26. The van der Waals surface area contributed by atoms with Gasteiger partial charge in [0.15, 0.2) is 11.9 Å². The number of aliphatic imine (C=N–C) groups is 2. The summed E-state index contributed by atoms with van der Waals surface area (Å²) in [6.45, 7) is 2.70. The first-order valence-electron chi connectivity index (χ1n) is 9.09. The second kappa shape index (κ2) is 8.13. The fourth-order valence-electron chi connectivity index (χ4n) is 2.87. The monoisotopic (exact) mass is 399 g/mol. The third-order valence-corrected chi connectivity index (χ3v) is 4.31. The maximum atomic E-state index is 14.4. The zero-order valence-corrected chi connectivity index (χ0v) is 15.4. The normalized spacial score (nSPS) is 15.1. The zero-order chi connectivity index (χ0) is 20.2. The molecule has 10 heteroatoms. The summed E-state index contributed by atoms with van der Waals surface area (Å²) >= 11 is 0. The van der Waals surface area contributed by atoms with Crippen molar-refractivity contribution in [3.63, 3.8) is 0 Å².